The lowest BCUT2D eigenvalue weighted by molar-refractivity contribution is 0.0589. The summed E-state index contributed by atoms with van der Waals surface area (Å²) in [6.07, 6.45) is 3.28. The van der Waals surface area contributed by atoms with E-state index in [1.807, 2.05) is 23.1 Å². The number of aryl methyl sites for hydroxylation is 1. The molecule has 0 radical (unpaired) electrons. The van der Waals surface area contributed by atoms with Gasteiger partial charge in [0.05, 0.1) is 17.1 Å². The second-order valence-electron chi connectivity index (χ2n) is 9.15. The maximum Gasteiger partial charge on any atom is 0.258 e. The number of nitrogens with zero attached hydrogens (tertiary/aromatic N) is 3. The van der Waals surface area contributed by atoms with Gasteiger partial charge < -0.3 is 9.47 Å². The van der Waals surface area contributed by atoms with E-state index in [4.69, 9.17) is 0 Å². The lowest BCUT2D eigenvalue weighted by Gasteiger charge is -2.37. The fraction of sp³-hybridized carbons (Fsp3) is 0.565. The molecule has 0 bridgehead atoms. The molecule has 168 valence electrons. The fourth-order valence-corrected chi connectivity index (χ4v) is 6.36. The van der Waals surface area contributed by atoms with Crippen molar-refractivity contribution in [1.29, 1.82) is 0 Å². The number of pyridine rings is 1. The molecule has 1 aromatic carbocycles. The van der Waals surface area contributed by atoms with Crippen molar-refractivity contribution in [2.45, 2.75) is 39.3 Å². The van der Waals surface area contributed by atoms with Crippen LogP contribution in [0.5, 0.6) is 0 Å². The first-order chi connectivity index (χ1) is 14.7. The largest absolute Gasteiger partial charge is 0.336 e. The summed E-state index contributed by atoms with van der Waals surface area (Å²) >= 11 is 0. The Morgan fingerprint density at radius 2 is 1.77 bits per heavy atom. The average Bonchev–Trinajstić information content (AvgIpc) is 3.12. The van der Waals surface area contributed by atoms with Crippen LogP contribution in [-0.2, 0) is 16.4 Å². The summed E-state index contributed by atoms with van der Waals surface area (Å²) in [6, 6.07) is 7.39. The topological polar surface area (TPSA) is 79.7 Å². The molecule has 2 aromatic rings. The minimum Gasteiger partial charge on any atom is -0.336 e. The summed E-state index contributed by atoms with van der Waals surface area (Å²) in [5.41, 5.74) is 0.510. The highest BCUT2D eigenvalue weighted by Crippen LogP contribution is 2.22. The molecule has 2 aliphatic heterocycles. The molecular weight excluding hydrogens is 414 g/mol. The Bertz CT molecular complexity index is 1130. The molecule has 0 aliphatic carbocycles. The molecule has 0 spiro atoms. The SMILES string of the molecule is CC(C)CCn1cc(C(=O)N2CCN([C@H]3CCS(=O)(=O)C3)CC2)c2ccccc2c1=O. The van der Waals surface area contributed by atoms with E-state index in [0.717, 1.165) is 6.42 Å². The third-order valence-corrected chi connectivity index (χ3v) is 8.25. The van der Waals surface area contributed by atoms with E-state index in [1.165, 1.54) is 0 Å². The Balaban J connectivity index is 1.55. The highest BCUT2D eigenvalue weighted by molar-refractivity contribution is 7.91. The second kappa shape index (κ2) is 8.74. The van der Waals surface area contributed by atoms with Crippen LogP contribution < -0.4 is 5.56 Å². The van der Waals surface area contributed by atoms with Crippen LogP contribution in [-0.4, -0.2) is 72.4 Å². The van der Waals surface area contributed by atoms with Crippen molar-refractivity contribution < 1.29 is 13.2 Å². The summed E-state index contributed by atoms with van der Waals surface area (Å²) in [5, 5.41) is 1.27. The van der Waals surface area contributed by atoms with Gasteiger partial charge in [-0.3, -0.25) is 14.5 Å². The molecule has 2 fully saturated rings. The third kappa shape index (κ3) is 4.70. The number of benzene rings is 1. The van der Waals surface area contributed by atoms with Crippen LogP contribution in [0.1, 0.15) is 37.0 Å². The predicted molar refractivity (Wildman–Crippen MR) is 122 cm³/mol. The summed E-state index contributed by atoms with van der Waals surface area (Å²) in [7, 11) is -2.92. The highest BCUT2D eigenvalue weighted by atomic mass is 32.2. The van der Waals surface area contributed by atoms with Crippen LogP contribution in [0.25, 0.3) is 10.8 Å². The molecule has 1 amide bonds. The van der Waals surface area contributed by atoms with Gasteiger partial charge in [0.2, 0.25) is 0 Å². The summed E-state index contributed by atoms with van der Waals surface area (Å²) in [6.45, 7) is 7.31. The van der Waals surface area contributed by atoms with Gasteiger partial charge in [-0.05, 0) is 24.8 Å². The molecule has 7 nitrogen and oxygen atoms in total. The number of piperazine rings is 1. The number of carbonyl (C=O) groups is 1. The molecular formula is C23H31N3O4S. The van der Waals surface area contributed by atoms with Crippen molar-refractivity contribution in [1.82, 2.24) is 14.4 Å². The van der Waals surface area contributed by atoms with Crippen molar-refractivity contribution in [2.75, 3.05) is 37.7 Å². The van der Waals surface area contributed by atoms with Crippen molar-refractivity contribution >= 4 is 26.5 Å². The first-order valence-corrected chi connectivity index (χ1v) is 12.9. The van der Waals surface area contributed by atoms with Gasteiger partial charge in [-0.15, -0.1) is 0 Å². The molecule has 1 aromatic heterocycles. The number of fused-ring (bicyclic) bond motifs is 1. The summed E-state index contributed by atoms with van der Waals surface area (Å²) in [5.74, 6) is 0.894. The fourth-order valence-electron chi connectivity index (χ4n) is 4.60. The first kappa shape index (κ1) is 22.0. The normalized spacial score (nSPS) is 21.8. The molecule has 31 heavy (non-hydrogen) atoms. The van der Waals surface area contributed by atoms with Crippen LogP contribution in [0, 0.1) is 5.92 Å². The van der Waals surface area contributed by atoms with E-state index in [1.54, 1.807) is 16.8 Å². The van der Waals surface area contributed by atoms with Crippen LogP contribution in [0.15, 0.2) is 35.3 Å². The first-order valence-electron chi connectivity index (χ1n) is 11.1. The Kier molecular flexibility index (Phi) is 6.21. The van der Waals surface area contributed by atoms with Gasteiger partial charge in [0.15, 0.2) is 9.84 Å². The molecule has 0 N–H and O–H groups in total. The van der Waals surface area contributed by atoms with E-state index in [9.17, 15) is 18.0 Å². The summed E-state index contributed by atoms with van der Waals surface area (Å²) in [4.78, 5) is 30.4. The van der Waals surface area contributed by atoms with Crippen LogP contribution in [0.4, 0.5) is 0 Å². The quantitative estimate of drug-likeness (QED) is 0.703. The third-order valence-electron chi connectivity index (χ3n) is 6.50. The smallest absolute Gasteiger partial charge is 0.258 e. The molecule has 8 heteroatoms. The number of carbonyl (C=O) groups excluding carboxylic acids is 1. The Labute approximate surface area is 183 Å². The maximum absolute atomic E-state index is 13.4. The molecule has 3 heterocycles. The van der Waals surface area contributed by atoms with Crippen molar-refractivity contribution in [3.8, 4) is 0 Å². The Morgan fingerprint density at radius 1 is 1.10 bits per heavy atom. The lowest BCUT2D eigenvalue weighted by atomic mass is 10.0. The van der Waals surface area contributed by atoms with Crippen LogP contribution in [0.3, 0.4) is 0 Å². The molecule has 1 atom stereocenters. The van der Waals surface area contributed by atoms with E-state index >= 15 is 0 Å². The Hall–Kier alpha value is -2.19. The Morgan fingerprint density at radius 3 is 2.39 bits per heavy atom. The second-order valence-corrected chi connectivity index (χ2v) is 11.4. The van der Waals surface area contributed by atoms with Gasteiger partial charge in [0, 0.05) is 55.7 Å². The van der Waals surface area contributed by atoms with E-state index in [-0.39, 0.29) is 29.0 Å². The maximum atomic E-state index is 13.4. The monoisotopic (exact) mass is 445 g/mol. The molecule has 2 aliphatic rings. The molecule has 0 unspecified atom stereocenters. The molecule has 0 saturated carbocycles. The zero-order chi connectivity index (χ0) is 22.2. The number of rotatable bonds is 5. The van der Waals surface area contributed by atoms with Gasteiger partial charge in [0.25, 0.3) is 11.5 Å². The summed E-state index contributed by atoms with van der Waals surface area (Å²) < 4.78 is 25.3. The average molecular weight is 446 g/mol. The minimum atomic E-state index is -2.92. The van der Waals surface area contributed by atoms with Gasteiger partial charge in [0.1, 0.15) is 0 Å². The number of aromatic nitrogens is 1. The highest BCUT2D eigenvalue weighted by Gasteiger charge is 2.34. The van der Waals surface area contributed by atoms with Gasteiger partial charge in [-0.25, -0.2) is 8.42 Å². The standard InChI is InChI=1S/C23H31N3O4S/c1-17(2)7-9-26-15-21(19-5-3-4-6-20(19)22(26)27)23(28)25-12-10-24(11-13-25)18-8-14-31(29,30)16-18/h3-6,15,17-18H,7-14,16H2,1-2H3/t18-/m0/s1. The van der Waals surface area contributed by atoms with Gasteiger partial charge in [-0.2, -0.15) is 0 Å². The molecule has 4 rings (SSSR count). The van der Waals surface area contributed by atoms with E-state index in [2.05, 4.69) is 18.7 Å². The van der Waals surface area contributed by atoms with Crippen molar-refractivity contribution in [2.24, 2.45) is 5.92 Å². The van der Waals surface area contributed by atoms with Gasteiger partial charge >= 0.3 is 0 Å². The van der Waals surface area contributed by atoms with Crippen LogP contribution in [0.2, 0.25) is 0 Å². The van der Waals surface area contributed by atoms with E-state index < -0.39 is 9.84 Å². The van der Waals surface area contributed by atoms with Gasteiger partial charge in [-0.1, -0.05) is 32.0 Å². The number of amides is 1. The van der Waals surface area contributed by atoms with Crippen LogP contribution >= 0.6 is 0 Å². The number of hydrogen-bond donors (Lipinski definition) is 0. The lowest BCUT2D eigenvalue weighted by Crippen LogP contribution is -2.52. The number of hydrogen-bond acceptors (Lipinski definition) is 5. The number of sulfone groups is 1. The van der Waals surface area contributed by atoms with E-state index in [0.29, 0.717) is 61.4 Å². The molecule has 2 saturated heterocycles. The van der Waals surface area contributed by atoms with Crippen molar-refractivity contribution in [3.05, 3.63) is 46.4 Å². The predicted octanol–water partition coefficient (Wildman–Crippen LogP) is 1.99. The zero-order valence-corrected chi connectivity index (χ0v) is 19.1. The zero-order valence-electron chi connectivity index (χ0n) is 18.3. The minimum absolute atomic E-state index is 0.0555. The van der Waals surface area contributed by atoms with Crippen molar-refractivity contribution in [3.63, 3.8) is 0 Å².